The van der Waals surface area contributed by atoms with Gasteiger partial charge < -0.3 is 9.64 Å². The lowest BCUT2D eigenvalue weighted by Gasteiger charge is -2.36. The number of piperazine rings is 1. The molecule has 4 nitrogen and oxygen atoms in total. The van der Waals surface area contributed by atoms with Crippen molar-refractivity contribution >= 4 is 42.3 Å². The predicted octanol–water partition coefficient (Wildman–Crippen LogP) is 4.82. The standard InChI is InChI=1S/C21H26ClN3O.2ClH/c1-16-6-5-7-17(2)20(16)26-15-14-24-10-12-25(13-11-24)21(23)18-8-3-4-9-19(18)22;;/h3-9,23H,10-15H2,1-2H3;2*1H. The third-order valence-electron chi connectivity index (χ3n) is 4.88. The Hall–Kier alpha value is -1.46. The van der Waals surface area contributed by atoms with E-state index in [2.05, 4.69) is 41.8 Å². The second-order valence-corrected chi connectivity index (χ2v) is 7.13. The van der Waals surface area contributed by atoms with Gasteiger partial charge in [-0.25, -0.2) is 0 Å². The smallest absolute Gasteiger partial charge is 0.129 e. The van der Waals surface area contributed by atoms with Crippen molar-refractivity contribution in [3.8, 4) is 5.75 Å². The van der Waals surface area contributed by atoms with Crippen LogP contribution in [0.5, 0.6) is 5.75 Å². The summed E-state index contributed by atoms with van der Waals surface area (Å²) in [5, 5.41) is 9.07. The predicted molar refractivity (Wildman–Crippen MR) is 122 cm³/mol. The van der Waals surface area contributed by atoms with Gasteiger partial charge in [0.05, 0.1) is 5.02 Å². The molecular weight excluding hydrogens is 417 g/mol. The topological polar surface area (TPSA) is 39.6 Å². The number of nitrogens with one attached hydrogen (secondary N) is 1. The van der Waals surface area contributed by atoms with Crippen LogP contribution in [-0.4, -0.2) is 55.0 Å². The van der Waals surface area contributed by atoms with Crippen molar-refractivity contribution in [2.24, 2.45) is 0 Å². The highest BCUT2D eigenvalue weighted by Crippen LogP contribution is 2.22. The monoisotopic (exact) mass is 443 g/mol. The second-order valence-electron chi connectivity index (χ2n) is 6.73. The average Bonchev–Trinajstić information content (AvgIpc) is 2.64. The third kappa shape index (κ3) is 6.02. The Kier molecular flexibility index (Phi) is 10.1. The van der Waals surface area contributed by atoms with Crippen molar-refractivity contribution in [1.82, 2.24) is 9.80 Å². The minimum Gasteiger partial charge on any atom is -0.492 e. The molecule has 0 aliphatic carbocycles. The van der Waals surface area contributed by atoms with Gasteiger partial charge in [-0.3, -0.25) is 10.3 Å². The lowest BCUT2D eigenvalue weighted by atomic mass is 10.1. The van der Waals surface area contributed by atoms with Crippen molar-refractivity contribution < 1.29 is 4.74 Å². The fourth-order valence-electron chi connectivity index (χ4n) is 3.32. The van der Waals surface area contributed by atoms with E-state index in [0.29, 0.717) is 17.5 Å². The first-order valence-electron chi connectivity index (χ1n) is 9.06. The van der Waals surface area contributed by atoms with Gasteiger partial charge in [-0.1, -0.05) is 41.9 Å². The number of halogens is 3. The number of hydrogen-bond donors (Lipinski definition) is 1. The Morgan fingerprint density at radius 1 is 0.964 bits per heavy atom. The number of ether oxygens (including phenoxy) is 1. The summed E-state index contributed by atoms with van der Waals surface area (Å²) in [6.45, 7) is 9.31. The van der Waals surface area contributed by atoms with E-state index in [0.717, 1.165) is 44.0 Å². The van der Waals surface area contributed by atoms with Gasteiger partial charge >= 0.3 is 0 Å². The van der Waals surface area contributed by atoms with Gasteiger partial charge in [-0.05, 0) is 37.1 Å². The molecule has 28 heavy (non-hydrogen) atoms. The summed E-state index contributed by atoms with van der Waals surface area (Å²) in [7, 11) is 0. The highest BCUT2D eigenvalue weighted by atomic mass is 35.5. The molecule has 0 aromatic heterocycles. The first kappa shape index (κ1) is 24.6. The summed E-state index contributed by atoms with van der Waals surface area (Å²) in [5.74, 6) is 1.52. The highest BCUT2D eigenvalue weighted by Gasteiger charge is 2.21. The molecule has 1 aliphatic heterocycles. The summed E-state index contributed by atoms with van der Waals surface area (Å²) >= 11 is 6.22. The quantitative estimate of drug-likeness (QED) is 0.531. The maximum atomic E-state index is 8.43. The Morgan fingerprint density at radius 2 is 1.57 bits per heavy atom. The van der Waals surface area contributed by atoms with E-state index in [9.17, 15) is 0 Å². The maximum Gasteiger partial charge on any atom is 0.129 e. The van der Waals surface area contributed by atoms with Gasteiger partial charge in [-0.2, -0.15) is 0 Å². The maximum absolute atomic E-state index is 8.43. The minimum absolute atomic E-state index is 0. The molecule has 1 fully saturated rings. The molecule has 0 spiro atoms. The molecule has 0 bridgehead atoms. The summed E-state index contributed by atoms with van der Waals surface area (Å²) in [6.07, 6.45) is 0. The summed E-state index contributed by atoms with van der Waals surface area (Å²) in [4.78, 5) is 4.49. The van der Waals surface area contributed by atoms with Crippen LogP contribution >= 0.6 is 36.4 Å². The molecule has 1 aliphatic rings. The number of benzene rings is 2. The lowest BCUT2D eigenvalue weighted by Crippen LogP contribution is -2.49. The molecule has 0 amide bonds. The molecule has 3 rings (SSSR count). The van der Waals surface area contributed by atoms with Gasteiger partial charge in [0.25, 0.3) is 0 Å². The van der Waals surface area contributed by atoms with E-state index in [-0.39, 0.29) is 24.8 Å². The van der Waals surface area contributed by atoms with Crippen molar-refractivity contribution in [3.63, 3.8) is 0 Å². The number of nitrogens with zero attached hydrogens (tertiary/aromatic N) is 2. The Bertz CT molecular complexity index is 757. The summed E-state index contributed by atoms with van der Waals surface area (Å²) < 4.78 is 6.01. The molecule has 0 atom stereocenters. The Morgan fingerprint density at radius 3 is 2.18 bits per heavy atom. The molecule has 0 saturated carbocycles. The lowest BCUT2D eigenvalue weighted by molar-refractivity contribution is 0.153. The molecule has 1 saturated heterocycles. The van der Waals surface area contributed by atoms with Crippen molar-refractivity contribution in [2.45, 2.75) is 13.8 Å². The largest absolute Gasteiger partial charge is 0.492 e. The van der Waals surface area contributed by atoms with Crippen molar-refractivity contribution in [1.29, 1.82) is 5.41 Å². The van der Waals surface area contributed by atoms with Crippen LogP contribution in [0, 0.1) is 19.3 Å². The van der Waals surface area contributed by atoms with Gasteiger partial charge in [0, 0.05) is 38.3 Å². The van der Waals surface area contributed by atoms with E-state index < -0.39 is 0 Å². The van der Waals surface area contributed by atoms with Crippen LogP contribution in [0.4, 0.5) is 0 Å². The number of rotatable bonds is 5. The van der Waals surface area contributed by atoms with Crippen LogP contribution in [0.1, 0.15) is 16.7 Å². The fourth-order valence-corrected chi connectivity index (χ4v) is 3.55. The molecule has 2 aromatic rings. The molecular formula is C21H28Cl3N3O. The summed E-state index contributed by atoms with van der Waals surface area (Å²) in [5.41, 5.74) is 3.17. The van der Waals surface area contributed by atoms with E-state index in [1.807, 2.05) is 24.3 Å². The van der Waals surface area contributed by atoms with Crippen LogP contribution in [-0.2, 0) is 0 Å². The second kappa shape index (κ2) is 11.5. The number of amidine groups is 1. The fraction of sp³-hybridized carbons (Fsp3) is 0.381. The van der Waals surface area contributed by atoms with Crippen LogP contribution in [0.25, 0.3) is 0 Å². The molecule has 0 radical (unpaired) electrons. The Balaban J connectivity index is 0.00000196. The van der Waals surface area contributed by atoms with Gasteiger partial charge in [0.15, 0.2) is 0 Å². The van der Waals surface area contributed by atoms with E-state index in [4.69, 9.17) is 21.7 Å². The van der Waals surface area contributed by atoms with E-state index >= 15 is 0 Å². The molecule has 154 valence electrons. The normalized spacial score (nSPS) is 14.0. The zero-order valence-electron chi connectivity index (χ0n) is 16.3. The minimum atomic E-state index is 0. The molecule has 1 N–H and O–H groups in total. The van der Waals surface area contributed by atoms with Crippen LogP contribution in [0.15, 0.2) is 42.5 Å². The number of aryl methyl sites for hydroxylation is 2. The van der Waals surface area contributed by atoms with Crippen LogP contribution in [0.3, 0.4) is 0 Å². The van der Waals surface area contributed by atoms with Crippen molar-refractivity contribution in [3.05, 3.63) is 64.2 Å². The zero-order chi connectivity index (χ0) is 18.5. The zero-order valence-corrected chi connectivity index (χ0v) is 18.7. The highest BCUT2D eigenvalue weighted by molar-refractivity contribution is 6.33. The average molecular weight is 445 g/mol. The van der Waals surface area contributed by atoms with Crippen LogP contribution in [0.2, 0.25) is 5.02 Å². The molecule has 2 aromatic carbocycles. The number of hydrogen-bond acceptors (Lipinski definition) is 3. The third-order valence-corrected chi connectivity index (χ3v) is 5.21. The van der Waals surface area contributed by atoms with Gasteiger partial charge in [-0.15, -0.1) is 24.8 Å². The Labute approximate surface area is 185 Å². The number of para-hydroxylation sites is 1. The molecule has 7 heteroatoms. The van der Waals surface area contributed by atoms with E-state index in [1.54, 1.807) is 0 Å². The first-order chi connectivity index (χ1) is 12.6. The van der Waals surface area contributed by atoms with Gasteiger partial charge in [0.2, 0.25) is 0 Å². The molecule has 0 unspecified atom stereocenters. The summed E-state index contributed by atoms with van der Waals surface area (Å²) in [6, 6.07) is 13.8. The van der Waals surface area contributed by atoms with Crippen molar-refractivity contribution in [2.75, 3.05) is 39.3 Å². The SMILES string of the molecule is Cc1cccc(C)c1OCCN1CCN(C(=N)c2ccccc2Cl)CC1.Cl.Cl. The van der Waals surface area contributed by atoms with E-state index in [1.165, 1.54) is 11.1 Å². The molecule has 1 heterocycles. The first-order valence-corrected chi connectivity index (χ1v) is 9.44. The van der Waals surface area contributed by atoms with Crippen LogP contribution < -0.4 is 4.74 Å². The van der Waals surface area contributed by atoms with Gasteiger partial charge in [0.1, 0.15) is 18.2 Å².